The average Bonchev–Trinajstić information content (AvgIpc) is 3.05. The van der Waals surface area contributed by atoms with Crippen molar-refractivity contribution in [1.82, 2.24) is 15.1 Å². The second-order valence-electron chi connectivity index (χ2n) is 5.03. The minimum atomic E-state index is 0.647. The molecule has 0 aliphatic heterocycles. The Balaban J connectivity index is 1.94. The van der Waals surface area contributed by atoms with Crippen molar-refractivity contribution < 1.29 is 4.42 Å². The number of hydrogen-bond donors (Lipinski definition) is 1. The summed E-state index contributed by atoms with van der Waals surface area (Å²) in [5.74, 6) is 0.969. The molecular weight excluding hydrogens is 286 g/mol. The molecule has 0 aliphatic carbocycles. The molecule has 1 N–H and O–H groups in total. The first-order chi connectivity index (χ1) is 10.3. The van der Waals surface area contributed by atoms with Gasteiger partial charge in [-0.15, -0.1) is 0 Å². The van der Waals surface area contributed by atoms with Gasteiger partial charge in [0.25, 0.3) is 0 Å². The highest BCUT2D eigenvalue weighted by molar-refractivity contribution is 6.30. The van der Waals surface area contributed by atoms with Crippen LogP contribution in [0, 0.1) is 0 Å². The molecule has 0 amide bonds. The largest absolute Gasteiger partial charge is 0.459 e. The summed E-state index contributed by atoms with van der Waals surface area (Å²) in [5, 5.41) is 9.44. The van der Waals surface area contributed by atoms with Gasteiger partial charge in [-0.1, -0.05) is 36.7 Å². The van der Waals surface area contributed by atoms with Crippen molar-refractivity contribution in [2.75, 3.05) is 6.54 Å². The maximum Gasteiger partial charge on any atom is 0.134 e. The van der Waals surface area contributed by atoms with E-state index in [4.69, 9.17) is 16.0 Å². The lowest BCUT2D eigenvalue weighted by Gasteiger charge is -2.05. The third-order valence-corrected chi connectivity index (χ3v) is 3.61. The number of rotatable bonds is 6. The molecule has 0 fully saturated rings. The summed E-state index contributed by atoms with van der Waals surface area (Å²) in [7, 11) is 0. The molecule has 0 saturated carbocycles. The van der Waals surface area contributed by atoms with Gasteiger partial charge in [0.05, 0.1) is 24.3 Å². The van der Waals surface area contributed by atoms with Gasteiger partial charge in [0, 0.05) is 17.1 Å². The van der Waals surface area contributed by atoms with Gasteiger partial charge in [0.1, 0.15) is 11.3 Å². The summed E-state index contributed by atoms with van der Waals surface area (Å²) >= 11 is 5.94. The second kappa shape index (κ2) is 6.33. The summed E-state index contributed by atoms with van der Waals surface area (Å²) in [6, 6.07) is 8.10. The topological polar surface area (TPSA) is 43.0 Å². The monoisotopic (exact) mass is 303 g/mol. The van der Waals surface area contributed by atoms with Crippen LogP contribution in [0.1, 0.15) is 24.7 Å². The quantitative estimate of drug-likeness (QED) is 0.704. The standard InChI is InChI=1S/C16H18ClN3O/c1-2-7-18-9-16-14(11-20-10-12(17)8-19-20)13-5-3-4-6-15(13)21-16/h3-6,8,10,18H,2,7,9,11H2,1H3. The fraction of sp³-hybridized carbons (Fsp3) is 0.312. The lowest BCUT2D eigenvalue weighted by atomic mass is 10.1. The Morgan fingerprint density at radius 1 is 1.33 bits per heavy atom. The Bertz CT molecular complexity index is 732. The van der Waals surface area contributed by atoms with Gasteiger partial charge in [-0.05, 0) is 19.0 Å². The van der Waals surface area contributed by atoms with Crippen LogP contribution in [0.4, 0.5) is 0 Å². The molecule has 21 heavy (non-hydrogen) atoms. The van der Waals surface area contributed by atoms with E-state index in [-0.39, 0.29) is 0 Å². The molecule has 1 aromatic carbocycles. The van der Waals surface area contributed by atoms with Crippen molar-refractivity contribution in [2.45, 2.75) is 26.4 Å². The Morgan fingerprint density at radius 3 is 2.95 bits per heavy atom. The van der Waals surface area contributed by atoms with Crippen molar-refractivity contribution in [3.8, 4) is 0 Å². The van der Waals surface area contributed by atoms with E-state index < -0.39 is 0 Å². The van der Waals surface area contributed by atoms with Crippen molar-refractivity contribution in [1.29, 1.82) is 0 Å². The molecule has 110 valence electrons. The Morgan fingerprint density at radius 2 is 2.19 bits per heavy atom. The van der Waals surface area contributed by atoms with E-state index in [1.807, 2.05) is 29.1 Å². The normalized spacial score (nSPS) is 11.3. The molecule has 4 nitrogen and oxygen atoms in total. The number of benzene rings is 1. The zero-order valence-electron chi connectivity index (χ0n) is 12.0. The first kappa shape index (κ1) is 14.2. The molecule has 2 heterocycles. The summed E-state index contributed by atoms with van der Waals surface area (Å²) in [5.41, 5.74) is 2.08. The molecule has 2 aromatic heterocycles. The van der Waals surface area contributed by atoms with Crippen LogP contribution < -0.4 is 5.32 Å². The zero-order valence-corrected chi connectivity index (χ0v) is 12.7. The number of halogens is 1. The predicted molar refractivity (Wildman–Crippen MR) is 84.6 cm³/mol. The Kier molecular flexibility index (Phi) is 4.27. The first-order valence-corrected chi connectivity index (χ1v) is 7.53. The Hall–Kier alpha value is -1.78. The SMILES string of the molecule is CCCNCc1oc2ccccc2c1Cn1cc(Cl)cn1. The molecule has 0 atom stereocenters. The molecule has 0 unspecified atom stereocenters. The average molecular weight is 304 g/mol. The summed E-state index contributed by atoms with van der Waals surface area (Å²) < 4.78 is 7.82. The molecule has 5 heteroatoms. The summed E-state index contributed by atoms with van der Waals surface area (Å²) in [6.45, 7) is 4.52. The molecular formula is C16H18ClN3O. The molecule has 0 aliphatic rings. The van der Waals surface area contributed by atoms with Gasteiger partial charge in [-0.2, -0.15) is 5.10 Å². The van der Waals surface area contributed by atoms with Crippen LogP contribution in [0.3, 0.4) is 0 Å². The van der Waals surface area contributed by atoms with E-state index in [0.717, 1.165) is 41.8 Å². The van der Waals surface area contributed by atoms with Crippen LogP contribution in [-0.2, 0) is 13.1 Å². The first-order valence-electron chi connectivity index (χ1n) is 7.16. The van der Waals surface area contributed by atoms with Crippen molar-refractivity contribution in [2.24, 2.45) is 0 Å². The van der Waals surface area contributed by atoms with Gasteiger partial charge < -0.3 is 9.73 Å². The number of hydrogen-bond acceptors (Lipinski definition) is 3. The number of nitrogens with one attached hydrogen (secondary N) is 1. The predicted octanol–water partition coefficient (Wildman–Crippen LogP) is 3.83. The number of aromatic nitrogens is 2. The van der Waals surface area contributed by atoms with E-state index in [9.17, 15) is 0 Å². The van der Waals surface area contributed by atoms with Crippen molar-refractivity contribution >= 4 is 22.6 Å². The van der Waals surface area contributed by atoms with Crippen LogP contribution >= 0.6 is 11.6 Å². The molecule has 0 radical (unpaired) electrons. The molecule has 0 bridgehead atoms. The fourth-order valence-corrected chi connectivity index (χ4v) is 2.59. The minimum Gasteiger partial charge on any atom is -0.459 e. The highest BCUT2D eigenvalue weighted by atomic mass is 35.5. The maximum absolute atomic E-state index is 5.99. The van der Waals surface area contributed by atoms with E-state index in [0.29, 0.717) is 11.6 Å². The van der Waals surface area contributed by atoms with Gasteiger partial charge in [0.15, 0.2) is 0 Å². The number of fused-ring (bicyclic) bond motifs is 1. The summed E-state index contributed by atoms with van der Waals surface area (Å²) in [4.78, 5) is 0. The third kappa shape index (κ3) is 3.12. The van der Waals surface area contributed by atoms with Crippen molar-refractivity contribution in [3.05, 3.63) is 53.0 Å². The molecule has 3 rings (SSSR count). The highest BCUT2D eigenvalue weighted by Gasteiger charge is 2.14. The van der Waals surface area contributed by atoms with Crippen LogP contribution in [0.2, 0.25) is 5.02 Å². The molecule has 0 spiro atoms. The number of furan rings is 1. The lowest BCUT2D eigenvalue weighted by molar-refractivity contribution is 0.502. The van der Waals surface area contributed by atoms with Gasteiger partial charge >= 0.3 is 0 Å². The fourth-order valence-electron chi connectivity index (χ4n) is 2.43. The molecule has 0 saturated heterocycles. The minimum absolute atomic E-state index is 0.647. The van der Waals surface area contributed by atoms with Gasteiger partial charge in [-0.3, -0.25) is 4.68 Å². The van der Waals surface area contributed by atoms with Crippen LogP contribution in [0.5, 0.6) is 0 Å². The van der Waals surface area contributed by atoms with E-state index in [2.05, 4.69) is 23.4 Å². The van der Waals surface area contributed by atoms with E-state index in [1.165, 1.54) is 0 Å². The van der Waals surface area contributed by atoms with E-state index in [1.54, 1.807) is 6.20 Å². The zero-order chi connectivity index (χ0) is 14.7. The third-order valence-electron chi connectivity index (χ3n) is 3.42. The van der Waals surface area contributed by atoms with Gasteiger partial charge in [0.2, 0.25) is 0 Å². The smallest absolute Gasteiger partial charge is 0.134 e. The maximum atomic E-state index is 5.99. The lowest BCUT2D eigenvalue weighted by Crippen LogP contribution is -2.15. The highest BCUT2D eigenvalue weighted by Crippen LogP contribution is 2.26. The number of para-hydroxylation sites is 1. The van der Waals surface area contributed by atoms with Crippen LogP contribution in [-0.4, -0.2) is 16.3 Å². The van der Waals surface area contributed by atoms with Crippen LogP contribution in [0.15, 0.2) is 41.1 Å². The summed E-state index contributed by atoms with van der Waals surface area (Å²) in [6.07, 6.45) is 4.58. The van der Waals surface area contributed by atoms with Gasteiger partial charge in [-0.25, -0.2) is 0 Å². The number of nitrogens with zero attached hydrogens (tertiary/aromatic N) is 2. The Labute approximate surface area is 128 Å². The van der Waals surface area contributed by atoms with Crippen LogP contribution in [0.25, 0.3) is 11.0 Å². The van der Waals surface area contributed by atoms with E-state index >= 15 is 0 Å². The second-order valence-corrected chi connectivity index (χ2v) is 5.47. The van der Waals surface area contributed by atoms with Crippen molar-refractivity contribution in [3.63, 3.8) is 0 Å². The molecule has 3 aromatic rings.